The molecule has 0 heterocycles. The monoisotopic (exact) mass is 299 g/mol. The molecule has 0 bridgehead atoms. The zero-order valence-corrected chi connectivity index (χ0v) is 13.2. The summed E-state index contributed by atoms with van der Waals surface area (Å²) in [7, 11) is 0. The van der Waals surface area contributed by atoms with Crippen molar-refractivity contribution in [1.29, 1.82) is 0 Å². The second-order valence-corrected chi connectivity index (χ2v) is 6.29. The maximum Gasteiger partial charge on any atom is 0.0579 e. The molecule has 1 N–H and O–H groups in total. The van der Waals surface area contributed by atoms with Crippen LogP contribution in [0.5, 0.6) is 0 Å². The van der Waals surface area contributed by atoms with E-state index in [9.17, 15) is 0 Å². The summed E-state index contributed by atoms with van der Waals surface area (Å²) in [6.07, 6.45) is 2.23. The Kier molecular flexibility index (Phi) is 3.95. The van der Waals surface area contributed by atoms with Crippen molar-refractivity contribution in [3.8, 4) is 0 Å². The molecule has 1 nitrogen and oxygen atoms in total. The highest BCUT2D eigenvalue weighted by Gasteiger charge is 2.24. The largest absolute Gasteiger partial charge is 0.303 e. The molecule has 0 saturated heterocycles. The third kappa shape index (κ3) is 3.06. The van der Waals surface area contributed by atoms with Crippen molar-refractivity contribution in [2.24, 2.45) is 0 Å². The standard InChI is InChI=1S/C22H21N/c1-3-9-17(10-4-1)22(18-11-5-2-6-12-18)23-21-15-19-13-7-8-14-20(19)16-21/h1-14,21-23H,15-16H2. The van der Waals surface area contributed by atoms with Crippen LogP contribution in [0.15, 0.2) is 84.9 Å². The van der Waals surface area contributed by atoms with E-state index < -0.39 is 0 Å². The van der Waals surface area contributed by atoms with Gasteiger partial charge in [-0.05, 0) is 35.1 Å². The van der Waals surface area contributed by atoms with Gasteiger partial charge in [0.1, 0.15) is 0 Å². The molecule has 1 aliphatic rings. The summed E-state index contributed by atoms with van der Waals surface area (Å²) in [4.78, 5) is 0. The highest BCUT2D eigenvalue weighted by molar-refractivity contribution is 5.36. The van der Waals surface area contributed by atoms with Crippen molar-refractivity contribution in [1.82, 2.24) is 5.32 Å². The Balaban J connectivity index is 1.60. The molecule has 23 heavy (non-hydrogen) atoms. The first kappa shape index (κ1) is 14.2. The highest BCUT2D eigenvalue weighted by atomic mass is 15.0. The Morgan fingerprint density at radius 2 is 1.04 bits per heavy atom. The zero-order valence-electron chi connectivity index (χ0n) is 13.2. The Labute approximate surface area is 138 Å². The summed E-state index contributed by atoms with van der Waals surface area (Å²) in [5.74, 6) is 0. The summed E-state index contributed by atoms with van der Waals surface area (Å²) in [5.41, 5.74) is 5.64. The maximum atomic E-state index is 3.90. The van der Waals surface area contributed by atoms with Crippen LogP contribution in [0.1, 0.15) is 28.3 Å². The quantitative estimate of drug-likeness (QED) is 0.746. The fraction of sp³-hybridized carbons (Fsp3) is 0.182. The molecule has 0 unspecified atom stereocenters. The topological polar surface area (TPSA) is 12.0 Å². The summed E-state index contributed by atoms with van der Waals surface area (Å²) in [6.45, 7) is 0. The maximum absolute atomic E-state index is 3.90. The molecule has 0 atom stereocenters. The van der Waals surface area contributed by atoms with Crippen LogP contribution in [0.25, 0.3) is 0 Å². The molecular weight excluding hydrogens is 278 g/mol. The normalized spacial score (nSPS) is 14.1. The fourth-order valence-electron chi connectivity index (χ4n) is 3.59. The van der Waals surface area contributed by atoms with Crippen LogP contribution in [-0.4, -0.2) is 6.04 Å². The van der Waals surface area contributed by atoms with E-state index in [0.29, 0.717) is 6.04 Å². The van der Waals surface area contributed by atoms with Gasteiger partial charge in [0, 0.05) is 6.04 Å². The van der Waals surface area contributed by atoms with E-state index in [1.165, 1.54) is 22.3 Å². The lowest BCUT2D eigenvalue weighted by molar-refractivity contribution is 0.486. The summed E-state index contributed by atoms with van der Waals surface area (Å²) in [6, 6.07) is 31.1. The lowest BCUT2D eigenvalue weighted by Gasteiger charge is -2.24. The van der Waals surface area contributed by atoms with Crippen molar-refractivity contribution >= 4 is 0 Å². The van der Waals surface area contributed by atoms with E-state index >= 15 is 0 Å². The van der Waals surface area contributed by atoms with Crippen LogP contribution in [0.4, 0.5) is 0 Å². The van der Waals surface area contributed by atoms with Gasteiger partial charge >= 0.3 is 0 Å². The molecule has 3 aromatic carbocycles. The molecule has 3 aromatic rings. The van der Waals surface area contributed by atoms with E-state index in [-0.39, 0.29) is 6.04 Å². The average Bonchev–Trinajstić information content (AvgIpc) is 3.04. The highest BCUT2D eigenvalue weighted by Crippen LogP contribution is 2.27. The number of fused-ring (bicyclic) bond motifs is 1. The van der Waals surface area contributed by atoms with Gasteiger partial charge in [0.25, 0.3) is 0 Å². The number of hydrogen-bond donors (Lipinski definition) is 1. The van der Waals surface area contributed by atoms with Gasteiger partial charge in [0.2, 0.25) is 0 Å². The minimum atomic E-state index is 0.247. The van der Waals surface area contributed by atoms with Crippen molar-refractivity contribution in [3.05, 3.63) is 107 Å². The number of nitrogens with one attached hydrogen (secondary N) is 1. The Morgan fingerprint density at radius 1 is 0.609 bits per heavy atom. The summed E-state index contributed by atoms with van der Waals surface area (Å²) < 4.78 is 0. The van der Waals surface area contributed by atoms with Crippen LogP contribution in [0.2, 0.25) is 0 Å². The summed E-state index contributed by atoms with van der Waals surface area (Å²) in [5, 5.41) is 3.90. The fourth-order valence-corrected chi connectivity index (χ4v) is 3.59. The van der Waals surface area contributed by atoms with Crippen LogP contribution < -0.4 is 5.32 Å². The van der Waals surface area contributed by atoms with Gasteiger partial charge in [-0.15, -0.1) is 0 Å². The van der Waals surface area contributed by atoms with Gasteiger partial charge in [0.15, 0.2) is 0 Å². The molecule has 0 fully saturated rings. The van der Waals surface area contributed by atoms with Crippen LogP contribution in [-0.2, 0) is 12.8 Å². The van der Waals surface area contributed by atoms with Crippen LogP contribution in [0.3, 0.4) is 0 Å². The molecule has 0 aliphatic heterocycles. The van der Waals surface area contributed by atoms with Crippen molar-refractivity contribution in [2.75, 3.05) is 0 Å². The lowest BCUT2D eigenvalue weighted by atomic mass is 9.97. The third-order valence-corrected chi connectivity index (χ3v) is 4.72. The first-order valence-corrected chi connectivity index (χ1v) is 8.33. The van der Waals surface area contributed by atoms with Crippen molar-refractivity contribution in [2.45, 2.75) is 24.9 Å². The van der Waals surface area contributed by atoms with Gasteiger partial charge in [0.05, 0.1) is 6.04 Å². The minimum Gasteiger partial charge on any atom is -0.303 e. The van der Waals surface area contributed by atoms with E-state index in [1.807, 2.05) is 0 Å². The molecule has 0 saturated carbocycles. The Bertz CT molecular complexity index is 700. The van der Waals surface area contributed by atoms with Gasteiger partial charge in [-0.25, -0.2) is 0 Å². The predicted octanol–water partition coefficient (Wildman–Crippen LogP) is 4.53. The van der Waals surface area contributed by atoms with Gasteiger partial charge < -0.3 is 5.32 Å². The lowest BCUT2D eigenvalue weighted by Crippen LogP contribution is -2.34. The van der Waals surface area contributed by atoms with E-state index in [1.54, 1.807) is 0 Å². The van der Waals surface area contributed by atoms with E-state index in [0.717, 1.165) is 12.8 Å². The number of benzene rings is 3. The van der Waals surface area contributed by atoms with Gasteiger partial charge in [-0.3, -0.25) is 0 Å². The number of hydrogen-bond acceptors (Lipinski definition) is 1. The summed E-state index contributed by atoms with van der Waals surface area (Å²) >= 11 is 0. The average molecular weight is 299 g/mol. The molecule has 0 aromatic heterocycles. The van der Waals surface area contributed by atoms with E-state index in [4.69, 9.17) is 0 Å². The molecule has 0 spiro atoms. The van der Waals surface area contributed by atoms with Crippen LogP contribution in [0, 0.1) is 0 Å². The smallest absolute Gasteiger partial charge is 0.0579 e. The molecule has 114 valence electrons. The first-order chi connectivity index (χ1) is 11.4. The molecule has 0 radical (unpaired) electrons. The van der Waals surface area contributed by atoms with Crippen molar-refractivity contribution < 1.29 is 0 Å². The predicted molar refractivity (Wildman–Crippen MR) is 95.5 cm³/mol. The Morgan fingerprint density at radius 3 is 1.52 bits per heavy atom. The second-order valence-electron chi connectivity index (χ2n) is 6.29. The Hall–Kier alpha value is -2.38. The van der Waals surface area contributed by atoms with Gasteiger partial charge in [-0.2, -0.15) is 0 Å². The van der Waals surface area contributed by atoms with Crippen LogP contribution >= 0.6 is 0 Å². The third-order valence-electron chi connectivity index (χ3n) is 4.72. The van der Waals surface area contributed by atoms with E-state index in [2.05, 4.69) is 90.2 Å². The molecule has 0 amide bonds. The minimum absolute atomic E-state index is 0.247. The molecule has 1 heteroatoms. The second kappa shape index (κ2) is 6.39. The van der Waals surface area contributed by atoms with Gasteiger partial charge in [-0.1, -0.05) is 84.9 Å². The molecule has 4 rings (SSSR count). The number of rotatable bonds is 4. The van der Waals surface area contributed by atoms with Crippen molar-refractivity contribution in [3.63, 3.8) is 0 Å². The first-order valence-electron chi connectivity index (χ1n) is 8.33. The zero-order chi connectivity index (χ0) is 15.5. The molecular formula is C22H21N. The SMILES string of the molecule is c1ccc(C(NC2Cc3ccccc3C2)c2ccccc2)cc1. The molecule has 1 aliphatic carbocycles.